The van der Waals surface area contributed by atoms with Crippen LogP contribution in [0.3, 0.4) is 0 Å². The van der Waals surface area contributed by atoms with Gasteiger partial charge in [-0.25, -0.2) is 4.79 Å². The van der Waals surface area contributed by atoms with E-state index in [9.17, 15) is 9.59 Å². The highest BCUT2D eigenvalue weighted by Gasteiger charge is 2.39. The Kier molecular flexibility index (Phi) is 4.27. The van der Waals surface area contributed by atoms with Crippen molar-refractivity contribution in [2.24, 2.45) is 5.92 Å². The number of hydrogen-bond acceptors (Lipinski definition) is 3. The summed E-state index contributed by atoms with van der Waals surface area (Å²) in [5, 5.41) is 2.69. The molecule has 0 saturated carbocycles. The van der Waals surface area contributed by atoms with Crippen LogP contribution in [0.15, 0.2) is 24.3 Å². The van der Waals surface area contributed by atoms with Crippen LogP contribution in [0.2, 0.25) is 0 Å². The monoisotopic (exact) mass is 276 g/mol. The Morgan fingerprint density at radius 2 is 1.90 bits per heavy atom. The van der Waals surface area contributed by atoms with E-state index < -0.39 is 6.04 Å². The molecule has 0 radical (unpaired) electrons. The zero-order chi connectivity index (χ0) is 14.7. The molecule has 1 atom stereocenters. The average Bonchev–Trinajstić information content (AvgIpc) is 2.69. The molecule has 108 valence electrons. The fourth-order valence-corrected chi connectivity index (χ4v) is 2.09. The molecule has 1 heterocycles. The Labute approximate surface area is 118 Å². The summed E-state index contributed by atoms with van der Waals surface area (Å²) in [6, 6.07) is 6.91. The smallest absolute Gasteiger partial charge is 0.324 e. The third-order valence-electron chi connectivity index (χ3n) is 3.33. The fraction of sp³-hybridized carbons (Fsp3) is 0.467. The molecule has 5 heteroatoms. The van der Waals surface area contributed by atoms with Crippen molar-refractivity contribution in [1.29, 1.82) is 0 Å². The van der Waals surface area contributed by atoms with E-state index >= 15 is 0 Å². The van der Waals surface area contributed by atoms with Gasteiger partial charge in [-0.2, -0.15) is 0 Å². The minimum atomic E-state index is -0.415. The van der Waals surface area contributed by atoms with Gasteiger partial charge in [-0.05, 0) is 25.0 Å². The molecule has 1 saturated heterocycles. The minimum absolute atomic E-state index is 0.0921. The number of carbonyl (C=O) groups is 2. The second-order valence-corrected chi connectivity index (χ2v) is 5.32. The Morgan fingerprint density at radius 3 is 2.45 bits per heavy atom. The van der Waals surface area contributed by atoms with Gasteiger partial charge >= 0.3 is 6.03 Å². The Balaban J connectivity index is 1.86. The maximum Gasteiger partial charge on any atom is 0.324 e. The first-order valence-corrected chi connectivity index (χ1v) is 6.80. The number of ether oxygens (including phenoxy) is 1. The highest BCUT2D eigenvalue weighted by atomic mass is 16.5. The van der Waals surface area contributed by atoms with Crippen molar-refractivity contribution in [3.63, 3.8) is 0 Å². The number of rotatable bonds is 5. The topological polar surface area (TPSA) is 58.6 Å². The number of amides is 3. The van der Waals surface area contributed by atoms with E-state index in [2.05, 4.69) is 5.32 Å². The van der Waals surface area contributed by atoms with Crippen LogP contribution in [-0.2, 0) is 4.79 Å². The molecule has 1 aromatic carbocycles. The van der Waals surface area contributed by atoms with Crippen LogP contribution in [0.4, 0.5) is 4.79 Å². The first-order chi connectivity index (χ1) is 9.49. The quantitative estimate of drug-likeness (QED) is 0.836. The molecule has 20 heavy (non-hydrogen) atoms. The molecule has 2 rings (SSSR count). The number of benzene rings is 1. The van der Waals surface area contributed by atoms with Gasteiger partial charge in [0, 0.05) is 0 Å². The van der Waals surface area contributed by atoms with Crippen LogP contribution in [0, 0.1) is 12.8 Å². The van der Waals surface area contributed by atoms with Gasteiger partial charge in [0.15, 0.2) is 0 Å². The van der Waals surface area contributed by atoms with Crippen LogP contribution < -0.4 is 10.1 Å². The van der Waals surface area contributed by atoms with Gasteiger partial charge in [-0.15, -0.1) is 0 Å². The van der Waals surface area contributed by atoms with Crippen molar-refractivity contribution < 1.29 is 14.3 Å². The summed E-state index contributed by atoms with van der Waals surface area (Å²) in [4.78, 5) is 25.0. The Hall–Kier alpha value is -2.04. The molecule has 1 fully saturated rings. The number of carbonyl (C=O) groups excluding carboxylic acids is 2. The van der Waals surface area contributed by atoms with E-state index in [1.807, 2.05) is 45.0 Å². The van der Waals surface area contributed by atoms with Crippen molar-refractivity contribution in [2.45, 2.75) is 26.8 Å². The molecular formula is C15H20N2O3. The summed E-state index contributed by atoms with van der Waals surface area (Å²) < 4.78 is 5.54. The molecule has 0 aromatic heterocycles. The van der Waals surface area contributed by atoms with E-state index in [-0.39, 0.29) is 24.4 Å². The maximum absolute atomic E-state index is 12.0. The van der Waals surface area contributed by atoms with Gasteiger partial charge in [0.1, 0.15) is 18.4 Å². The van der Waals surface area contributed by atoms with Gasteiger partial charge in [0.2, 0.25) is 0 Å². The van der Waals surface area contributed by atoms with E-state index in [4.69, 9.17) is 4.74 Å². The van der Waals surface area contributed by atoms with Crippen molar-refractivity contribution in [1.82, 2.24) is 10.2 Å². The standard InChI is InChI=1S/C15H20N2O3/c1-10(2)13-14(18)17(15(19)16-13)8-9-20-12-6-4-11(3)5-7-12/h4-7,10,13H,8-9H2,1-3H3,(H,16,19)/t13-/m1/s1. The second kappa shape index (κ2) is 5.94. The third-order valence-corrected chi connectivity index (χ3v) is 3.33. The van der Waals surface area contributed by atoms with Gasteiger partial charge in [-0.3, -0.25) is 9.69 Å². The SMILES string of the molecule is Cc1ccc(OCCN2C(=O)N[C@H](C(C)C)C2=O)cc1. The Morgan fingerprint density at radius 1 is 1.25 bits per heavy atom. The molecule has 0 unspecified atom stereocenters. The van der Waals surface area contributed by atoms with Crippen LogP contribution >= 0.6 is 0 Å². The lowest BCUT2D eigenvalue weighted by atomic mass is 10.1. The summed E-state index contributed by atoms with van der Waals surface area (Å²) in [5.74, 6) is 0.662. The molecule has 1 aliphatic rings. The summed E-state index contributed by atoms with van der Waals surface area (Å²) in [5.41, 5.74) is 1.16. The van der Waals surface area contributed by atoms with Crippen LogP contribution in [0.25, 0.3) is 0 Å². The van der Waals surface area contributed by atoms with Crippen molar-refractivity contribution in [2.75, 3.05) is 13.2 Å². The third kappa shape index (κ3) is 3.10. The summed E-state index contributed by atoms with van der Waals surface area (Å²) >= 11 is 0. The molecule has 1 aliphatic heterocycles. The molecule has 1 N–H and O–H groups in total. The average molecular weight is 276 g/mol. The van der Waals surface area contributed by atoms with E-state index in [0.717, 1.165) is 11.3 Å². The van der Waals surface area contributed by atoms with Crippen molar-refractivity contribution in [3.8, 4) is 5.75 Å². The fourth-order valence-electron chi connectivity index (χ4n) is 2.09. The molecule has 0 bridgehead atoms. The number of urea groups is 1. The summed E-state index contributed by atoms with van der Waals surface area (Å²) in [6.07, 6.45) is 0. The first-order valence-electron chi connectivity index (χ1n) is 6.80. The predicted molar refractivity (Wildman–Crippen MR) is 75.5 cm³/mol. The zero-order valence-corrected chi connectivity index (χ0v) is 12.1. The van der Waals surface area contributed by atoms with E-state index in [0.29, 0.717) is 6.61 Å². The molecule has 5 nitrogen and oxygen atoms in total. The predicted octanol–water partition coefficient (Wildman–Crippen LogP) is 1.95. The summed E-state index contributed by atoms with van der Waals surface area (Å²) in [7, 11) is 0. The number of nitrogens with zero attached hydrogens (tertiary/aromatic N) is 1. The van der Waals surface area contributed by atoms with Gasteiger partial charge in [-0.1, -0.05) is 31.5 Å². The molecule has 0 aliphatic carbocycles. The number of nitrogens with one attached hydrogen (secondary N) is 1. The second-order valence-electron chi connectivity index (χ2n) is 5.32. The van der Waals surface area contributed by atoms with Crippen LogP contribution in [0.1, 0.15) is 19.4 Å². The van der Waals surface area contributed by atoms with Gasteiger partial charge < -0.3 is 10.1 Å². The highest BCUT2D eigenvalue weighted by Crippen LogP contribution is 2.14. The van der Waals surface area contributed by atoms with Crippen molar-refractivity contribution >= 4 is 11.9 Å². The minimum Gasteiger partial charge on any atom is -0.492 e. The maximum atomic E-state index is 12.0. The normalized spacial score (nSPS) is 18.6. The molecular weight excluding hydrogens is 256 g/mol. The molecule has 0 spiro atoms. The molecule has 1 aromatic rings. The van der Waals surface area contributed by atoms with E-state index in [1.165, 1.54) is 4.90 Å². The van der Waals surface area contributed by atoms with E-state index in [1.54, 1.807) is 0 Å². The summed E-state index contributed by atoms with van der Waals surface area (Å²) in [6.45, 7) is 6.39. The van der Waals surface area contributed by atoms with Crippen LogP contribution in [-0.4, -0.2) is 36.0 Å². The Bertz CT molecular complexity index is 496. The number of hydrogen-bond donors (Lipinski definition) is 1. The lowest BCUT2D eigenvalue weighted by Gasteiger charge is -2.15. The zero-order valence-electron chi connectivity index (χ0n) is 12.1. The largest absolute Gasteiger partial charge is 0.492 e. The highest BCUT2D eigenvalue weighted by molar-refractivity contribution is 6.04. The molecule has 3 amide bonds. The lowest BCUT2D eigenvalue weighted by Crippen LogP contribution is -2.36. The first kappa shape index (κ1) is 14.4. The van der Waals surface area contributed by atoms with Gasteiger partial charge in [0.05, 0.1) is 6.54 Å². The number of imide groups is 1. The van der Waals surface area contributed by atoms with Gasteiger partial charge in [0.25, 0.3) is 5.91 Å². The number of aryl methyl sites for hydroxylation is 1. The van der Waals surface area contributed by atoms with Crippen molar-refractivity contribution in [3.05, 3.63) is 29.8 Å². The lowest BCUT2D eigenvalue weighted by molar-refractivity contribution is -0.128. The van der Waals surface area contributed by atoms with Crippen LogP contribution in [0.5, 0.6) is 5.75 Å².